The normalized spacial score (nSPS) is 13.7. The lowest BCUT2D eigenvalue weighted by molar-refractivity contribution is -0.198. The van der Waals surface area contributed by atoms with Crippen LogP contribution in [0.4, 0.5) is 0 Å². The Bertz CT molecular complexity index is 171. The van der Waals surface area contributed by atoms with Gasteiger partial charge in [0.15, 0.2) is 0 Å². The Kier molecular flexibility index (Phi) is 12.6. The molecule has 0 heterocycles. The van der Waals surface area contributed by atoms with Crippen molar-refractivity contribution in [1.82, 2.24) is 0 Å². The summed E-state index contributed by atoms with van der Waals surface area (Å²) < 4.78 is 18.9. The number of hydrogen-bond acceptors (Lipinski definition) is 4. The summed E-state index contributed by atoms with van der Waals surface area (Å²) in [7, 11) is -2.79. The third-order valence-corrected chi connectivity index (χ3v) is 1.76. The first-order valence-electron chi connectivity index (χ1n) is 4.34. The lowest BCUT2D eigenvalue weighted by Gasteiger charge is -2.07. The third-order valence-electron chi connectivity index (χ3n) is 0.916. The van der Waals surface area contributed by atoms with Crippen molar-refractivity contribution in [2.24, 2.45) is 0 Å². The summed E-state index contributed by atoms with van der Waals surface area (Å²) in [5.74, 6) is 0. The zero-order chi connectivity index (χ0) is 11.4. The average Bonchev–Trinajstić information content (AvgIpc) is 2.15. The van der Waals surface area contributed by atoms with Gasteiger partial charge in [0, 0.05) is 0 Å². The second kappa shape index (κ2) is 10.9. The summed E-state index contributed by atoms with van der Waals surface area (Å²) in [5.41, 5.74) is 0. The quantitative estimate of drug-likeness (QED) is 0.326. The van der Waals surface area contributed by atoms with Gasteiger partial charge in [0.25, 0.3) is 0 Å². The molecule has 1 atom stereocenters. The fourth-order valence-electron chi connectivity index (χ4n) is 0.322. The van der Waals surface area contributed by atoms with E-state index in [4.69, 9.17) is 4.89 Å². The van der Waals surface area contributed by atoms with Crippen molar-refractivity contribution >= 4 is 7.82 Å². The van der Waals surface area contributed by atoms with Gasteiger partial charge in [-0.05, 0) is 12.8 Å². The predicted octanol–water partition coefficient (Wildman–Crippen LogP) is 2.67. The molecule has 0 amide bonds. The van der Waals surface area contributed by atoms with E-state index in [9.17, 15) is 4.57 Å². The molecular weight excluding hydrogens is 207 g/mol. The molecule has 6 heteroatoms. The Balaban J connectivity index is 0. The highest BCUT2D eigenvalue weighted by Crippen LogP contribution is 2.42. The molecule has 0 spiro atoms. The van der Waals surface area contributed by atoms with Crippen LogP contribution in [0, 0.1) is 0 Å². The Hall–Kier alpha value is -0.190. The zero-order valence-corrected chi connectivity index (χ0v) is 9.83. The van der Waals surface area contributed by atoms with Crippen molar-refractivity contribution in [1.29, 1.82) is 0 Å². The molecule has 14 heavy (non-hydrogen) atoms. The van der Waals surface area contributed by atoms with Crippen molar-refractivity contribution in [3.05, 3.63) is 12.7 Å². The van der Waals surface area contributed by atoms with Crippen LogP contribution in [-0.4, -0.2) is 18.6 Å². The van der Waals surface area contributed by atoms with E-state index in [0.29, 0.717) is 6.42 Å². The number of rotatable bonds is 6. The van der Waals surface area contributed by atoms with Crippen LogP contribution in [0.5, 0.6) is 0 Å². The summed E-state index contributed by atoms with van der Waals surface area (Å²) >= 11 is 0. The van der Waals surface area contributed by atoms with Crippen LogP contribution in [0.1, 0.15) is 26.7 Å². The fraction of sp³-hybridized carbons (Fsp3) is 0.750. The maximum Gasteiger partial charge on any atom is 0.499 e. The predicted molar refractivity (Wildman–Crippen MR) is 54.7 cm³/mol. The van der Waals surface area contributed by atoms with E-state index in [-0.39, 0.29) is 6.61 Å². The number of phosphoric ester groups is 1. The number of allylic oxidation sites excluding steroid dienone is 1. The number of hydrogen-bond donors (Lipinski definition) is 1. The first-order chi connectivity index (χ1) is 6.54. The zero-order valence-electron chi connectivity index (χ0n) is 8.93. The van der Waals surface area contributed by atoms with Gasteiger partial charge in [0.2, 0.25) is 0 Å². The molecule has 1 unspecified atom stereocenters. The molecule has 0 rings (SSSR count). The number of phosphoric acid groups is 1. The van der Waals surface area contributed by atoms with Gasteiger partial charge in [0.05, 0.1) is 13.7 Å². The first-order valence-corrected chi connectivity index (χ1v) is 5.84. The molecule has 5 nitrogen and oxygen atoms in total. The van der Waals surface area contributed by atoms with Gasteiger partial charge in [-0.25, -0.2) is 9.45 Å². The summed E-state index contributed by atoms with van der Waals surface area (Å²) in [6.07, 6.45) is 3.61. The maximum atomic E-state index is 10.6. The van der Waals surface area contributed by atoms with Crippen LogP contribution in [0.25, 0.3) is 0 Å². The molecule has 0 saturated carbocycles. The first kappa shape index (κ1) is 16.2. The van der Waals surface area contributed by atoms with Crippen molar-refractivity contribution < 1.29 is 23.5 Å². The lowest BCUT2D eigenvalue weighted by Crippen LogP contribution is -1.94. The van der Waals surface area contributed by atoms with Gasteiger partial charge in [-0.15, -0.1) is 11.3 Å². The molecule has 0 aliphatic carbocycles. The van der Waals surface area contributed by atoms with Crippen molar-refractivity contribution in [3.8, 4) is 0 Å². The minimum Gasteiger partial charge on any atom is -0.301 e. The highest BCUT2D eigenvalue weighted by Gasteiger charge is 2.20. The van der Waals surface area contributed by atoms with E-state index in [1.807, 2.05) is 13.0 Å². The van der Waals surface area contributed by atoms with E-state index in [0.717, 1.165) is 13.5 Å². The molecule has 0 aliphatic heterocycles. The van der Waals surface area contributed by atoms with Crippen LogP contribution in [0.2, 0.25) is 0 Å². The topological polar surface area (TPSA) is 65.0 Å². The van der Waals surface area contributed by atoms with Crippen LogP contribution in [-0.2, 0) is 18.7 Å². The highest BCUT2D eigenvalue weighted by atomic mass is 31.2. The minimum absolute atomic E-state index is 0.178. The monoisotopic (exact) mass is 226 g/mol. The van der Waals surface area contributed by atoms with E-state index < -0.39 is 7.82 Å². The molecule has 0 bridgehead atoms. The summed E-state index contributed by atoms with van der Waals surface area (Å²) in [5, 5.41) is 0. The maximum absolute atomic E-state index is 10.6. The highest BCUT2D eigenvalue weighted by molar-refractivity contribution is 7.47. The molecule has 0 radical (unpaired) electrons. The SMILES string of the molecule is C=CCC.CCCOP(=O)(O)OOC. The Labute approximate surface area is 85.2 Å². The van der Waals surface area contributed by atoms with E-state index in [1.54, 1.807) is 0 Å². The minimum atomic E-state index is -3.93. The second-order valence-electron chi connectivity index (χ2n) is 2.24. The molecule has 86 valence electrons. The van der Waals surface area contributed by atoms with Crippen LogP contribution in [0.15, 0.2) is 12.7 Å². The Morgan fingerprint density at radius 3 is 2.29 bits per heavy atom. The van der Waals surface area contributed by atoms with E-state index in [1.165, 1.54) is 0 Å². The van der Waals surface area contributed by atoms with Crippen molar-refractivity contribution in [3.63, 3.8) is 0 Å². The molecule has 0 aromatic carbocycles. The average molecular weight is 226 g/mol. The molecule has 1 N–H and O–H groups in total. The lowest BCUT2D eigenvalue weighted by atomic mass is 10.5. The van der Waals surface area contributed by atoms with Gasteiger partial charge >= 0.3 is 7.82 Å². The van der Waals surface area contributed by atoms with Gasteiger partial charge in [-0.3, -0.25) is 4.52 Å². The van der Waals surface area contributed by atoms with E-state index >= 15 is 0 Å². The second-order valence-corrected chi connectivity index (χ2v) is 3.58. The van der Waals surface area contributed by atoms with Crippen LogP contribution >= 0.6 is 7.82 Å². The largest absolute Gasteiger partial charge is 0.499 e. The van der Waals surface area contributed by atoms with E-state index in [2.05, 4.69) is 27.6 Å². The molecular formula is C8H19O5P. The molecule has 0 aromatic heterocycles. The Morgan fingerprint density at radius 1 is 1.50 bits per heavy atom. The summed E-state index contributed by atoms with van der Waals surface area (Å²) in [6.45, 7) is 7.53. The molecule has 0 aliphatic rings. The van der Waals surface area contributed by atoms with Crippen LogP contribution in [0.3, 0.4) is 0 Å². The summed E-state index contributed by atoms with van der Waals surface area (Å²) in [4.78, 5) is 12.6. The van der Waals surface area contributed by atoms with Gasteiger partial charge in [0.1, 0.15) is 0 Å². The standard InChI is InChI=1S/C4H11O5P.C4H8/c1-3-4-8-10(5,6)9-7-2;1-3-4-2/h3-4H2,1-2H3,(H,5,6);3H,1,4H2,2H3. The van der Waals surface area contributed by atoms with Crippen LogP contribution < -0.4 is 0 Å². The molecule has 0 fully saturated rings. The van der Waals surface area contributed by atoms with Crippen molar-refractivity contribution in [2.45, 2.75) is 26.7 Å². The molecule has 0 aromatic rings. The van der Waals surface area contributed by atoms with Crippen molar-refractivity contribution in [2.75, 3.05) is 13.7 Å². The smallest absolute Gasteiger partial charge is 0.301 e. The van der Waals surface area contributed by atoms with Gasteiger partial charge in [-0.1, -0.05) is 19.9 Å². The van der Waals surface area contributed by atoms with Gasteiger partial charge in [-0.2, -0.15) is 0 Å². The molecule has 0 saturated heterocycles. The Morgan fingerprint density at radius 2 is 2.00 bits per heavy atom. The third kappa shape index (κ3) is 14.3. The van der Waals surface area contributed by atoms with Gasteiger partial charge < -0.3 is 4.89 Å². The summed E-state index contributed by atoms with van der Waals surface area (Å²) in [6, 6.07) is 0. The fourth-order valence-corrected chi connectivity index (χ4v) is 0.967.